The van der Waals surface area contributed by atoms with Crippen LogP contribution in [0.25, 0.3) is 0 Å². The first-order chi connectivity index (χ1) is 6.86. The number of ether oxygens (including phenoxy) is 1. The van der Waals surface area contributed by atoms with Gasteiger partial charge in [0.2, 0.25) is 0 Å². The number of hydrogen-bond donors (Lipinski definition) is 1. The van der Waals surface area contributed by atoms with Gasteiger partial charge in [-0.25, -0.2) is 0 Å². The van der Waals surface area contributed by atoms with Crippen LogP contribution in [0, 0.1) is 0 Å². The minimum absolute atomic E-state index is 0.928. The van der Waals surface area contributed by atoms with Gasteiger partial charge in [0.15, 0.2) is 0 Å². The Kier molecular flexibility index (Phi) is 5.08. The van der Waals surface area contributed by atoms with Crippen LogP contribution in [0.5, 0.6) is 5.75 Å². The van der Waals surface area contributed by atoms with Crippen molar-refractivity contribution in [3.63, 3.8) is 0 Å². The fraction of sp³-hybridized carbons (Fsp3) is 0.500. The Labute approximate surface area is 86.3 Å². The maximum Gasteiger partial charge on any atom is 0.119 e. The molecule has 0 radical (unpaired) electrons. The molecule has 0 saturated heterocycles. The van der Waals surface area contributed by atoms with E-state index in [0.29, 0.717) is 0 Å². The molecule has 2 nitrogen and oxygen atoms in total. The summed E-state index contributed by atoms with van der Waals surface area (Å²) in [7, 11) is 1.70. The van der Waals surface area contributed by atoms with Gasteiger partial charge >= 0.3 is 0 Å². The van der Waals surface area contributed by atoms with Crippen LogP contribution in [0.15, 0.2) is 24.3 Å². The molecule has 0 unspecified atom stereocenters. The molecule has 0 saturated carbocycles. The third kappa shape index (κ3) is 3.79. The highest BCUT2D eigenvalue weighted by Crippen LogP contribution is 2.11. The molecule has 1 rings (SSSR count). The summed E-state index contributed by atoms with van der Waals surface area (Å²) in [5.74, 6) is 0.930. The molecule has 0 fully saturated rings. The fourth-order valence-electron chi connectivity index (χ4n) is 1.32. The molecule has 14 heavy (non-hydrogen) atoms. The van der Waals surface area contributed by atoms with E-state index in [1.807, 2.05) is 12.1 Å². The van der Waals surface area contributed by atoms with Gasteiger partial charge < -0.3 is 10.1 Å². The third-order valence-electron chi connectivity index (χ3n) is 2.17. The van der Waals surface area contributed by atoms with E-state index in [2.05, 4.69) is 24.4 Å². The summed E-state index contributed by atoms with van der Waals surface area (Å²) in [5.41, 5.74) is 1.28. The lowest BCUT2D eigenvalue weighted by atomic mass is 10.2. The van der Waals surface area contributed by atoms with Crippen LogP contribution < -0.4 is 10.1 Å². The zero-order chi connectivity index (χ0) is 10.2. The number of nitrogens with one attached hydrogen (secondary N) is 1. The van der Waals surface area contributed by atoms with E-state index in [9.17, 15) is 0 Å². The van der Waals surface area contributed by atoms with E-state index in [-0.39, 0.29) is 0 Å². The van der Waals surface area contributed by atoms with Crippen LogP contribution in [0.4, 0.5) is 0 Å². The second-order valence-corrected chi connectivity index (χ2v) is 3.38. The minimum Gasteiger partial charge on any atom is -0.497 e. The van der Waals surface area contributed by atoms with Crippen molar-refractivity contribution in [2.75, 3.05) is 13.7 Å². The molecular formula is C12H19NO. The van der Waals surface area contributed by atoms with Gasteiger partial charge in [0.1, 0.15) is 5.75 Å². The van der Waals surface area contributed by atoms with Crippen molar-refractivity contribution in [3.05, 3.63) is 29.8 Å². The molecule has 0 heterocycles. The van der Waals surface area contributed by atoms with E-state index >= 15 is 0 Å². The highest BCUT2D eigenvalue weighted by Gasteiger charge is 1.94. The standard InChI is InChI=1S/C12H19NO/c1-3-4-8-13-10-11-6-5-7-12(9-11)14-2/h5-7,9,13H,3-4,8,10H2,1-2H3. The molecule has 0 amide bonds. The topological polar surface area (TPSA) is 21.3 Å². The second-order valence-electron chi connectivity index (χ2n) is 3.38. The first-order valence-corrected chi connectivity index (χ1v) is 5.20. The lowest BCUT2D eigenvalue weighted by Gasteiger charge is -2.05. The summed E-state index contributed by atoms with van der Waals surface area (Å²) in [6.07, 6.45) is 2.48. The van der Waals surface area contributed by atoms with Gasteiger partial charge in [-0.1, -0.05) is 25.5 Å². The summed E-state index contributed by atoms with van der Waals surface area (Å²) in [5, 5.41) is 3.40. The van der Waals surface area contributed by atoms with Crippen molar-refractivity contribution in [1.82, 2.24) is 5.32 Å². The van der Waals surface area contributed by atoms with E-state index < -0.39 is 0 Å². The molecule has 0 bridgehead atoms. The number of rotatable bonds is 6. The monoisotopic (exact) mass is 193 g/mol. The first-order valence-electron chi connectivity index (χ1n) is 5.20. The van der Waals surface area contributed by atoms with Crippen LogP contribution in [-0.2, 0) is 6.54 Å². The van der Waals surface area contributed by atoms with Crippen LogP contribution in [-0.4, -0.2) is 13.7 Å². The zero-order valence-electron chi connectivity index (χ0n) is 9.05. The lowest BCUT2D eigenvalue weighted by molar-refractivity contribution is 0.414. The van der Waals surface area contributed by atoms with Gasteiger partial charge in [0, 0.05) is 6.54 Å². The normalized spacial score (nSPS) is 10.1. The molecule has 1 aromatic carbocycles. The van der Waals surface area contributed by atoms with E-state index in [1.165, 1.54) is 18.4 Å². The van der Waals surface area contributed by atoms with Crippen molar-refractivity contribution in [2.24, 2.45) is 0 Å². The van der Waals surface area contributed by atoms with Crippen LogP contribution in [0.2, 0.25) is 0 Å². The maximum atomic E-state index is 5.15. The second kappa shape index (κ2) is 6.44. The van der Waals surface area contributed by atoms with Crippen molar-refractivity contribution in [1.29, 1.82) is 0 Å². The molecule has 0 spiro atoms. The Morgan fingerprint density at radius 3 is 2.93 bits per heavy atom. The minimum atomic E-state index is 0.928. The molecule has 0 aliphatic carbocycles. The lowest BCUT2D eigenvalue weighted by Crippen LogP contribution is -2.14. The molecule has 1 aromatic rings. The van der Waals surface area contributed by atoms with Gasteiger partial charge in [-0.3, -0.25) is 0 Å². The summed E-state index contributed by atoms with van der Waals surface area (Å²) >= 11 is 0. The first kappa shape index (κ1) is 11.1. The smallest absolute Gasteiger partial charge is 0.119 e. The Morgan fingerprint density at radius 2 is 2.21 bits per heavy atom. The molecule has 0 aliphatic heterocycles. The average Bonchev–Trinajstić information content (AvgIpc) is 2.25. The number of hydrogen-bond acceptors (Lipinski definition) is 2. The predicted molar refractivity (Wildman–Crippen MR) is 59.6 cm³/mol. The molecule has 0 aromatic heterocycles. The molecule has 0 aliphatic rings. The van der Waals surface area contributed by atoms with E-state index in [1.54, 1.807) is 7.11 Å². The zero-order valence-corrected chi connectivity index (χ0v) is 9.05. The molecule has 0 atom stereocenters. The summed E-state index contributed by atoms with van der Waals surface area (Å²) < 4.78 is 5.15. The molecular weight excluding hydrogens is 174 g/mol. The van der Waals surface area contributed by atoms with Gasteiger partial charge in [-0.05, 0) is 30.7 Å². The van der Waals surface area contributed by atoms with Crippen LogP contribution in [0.1, 0.15) is 25.3 Å². The fourth-order valence-corrected chi connectivity index (χ4v) is 1.32. The quantitative estimate of drug-likeness (QED) is 0.701. The SMILES string of the molecule is CCCCNCc1cccc(OC)c1. The predicted octanol–water partition coefficient (Wildman–Crippen LogP) is 2.58. The third-order valence-corrected chi connectivity index (χ3v) is 2.17. The van der Waals surface area contributed by atoms with Crippen molar-refractivity contribution in [3.8, 4) is 5.75 Å². The Bertz CT molecular complexity index is 260. The average molecular weight is 193 g/mol. The van der Waals surface area contributed by atoms with Crippen LogP contribution in [0.3, 0.4) is 0 Å². The molecule has 2 heteroatoms. The van der Waals surface area contributed by atoms with Crippen molar-refractivity contribution in [2.45, 2.75) is 26.3 Å². The van der Waals surface area contributed by atoms with Crippen molar-refractivity contribution >= 4 is 0 Å². The highest BCUT2D eigenvalue weighted by molar-refractivity contribution is 5.28. The van der Waals surface area contributed by atoms with Crippen LogP contribution >= 0.6 is 0 Å². The Hall–Kier alpha value is -1.02. The summed E-state index contributed by atoms with van der Waals surface area (Å²) in [6.45, 7) is 4.22. The number of methoxy groups -OCH3 is 1. The number of benzene rings is 1. The van der Waals surface area contributed by atoms with E-state index in [0.717, 1.165) is 18.8 Å². The Morgan fingerprint density at radius 1 is 1.36 bits per heavy atom. The van der Waals surface area contributed by atoms with Gasteiger partial charge in [0.05, 0.1) is 7.11 Å². The highest BCUT2D eigenvalue weighted by atomic mass is 16.5. The molecule has 1 N–H and O–H groups in total. The largest absolute Gasteiger partial charge is 0.497 e. The van der Waals surface area contributed by atoms with Gasteiger partial charge in [-0.15, -0.1) is 0 Å². The summed E-state index contributed by atoms with van der Waals surface area (Å²) in [6, 6.07) is 8.17. The Balaban J connectivity index is 2.34. The van der Waals surface area contributed by atoms with Gasteiger partial charge in [0.25, 0.3) is 0 Å². The van der Waals surface area contributed by atoms with Crippen molar-refractivity contribution < 1.29 is 4.74 Å². The summed E-state index contributed by atoms with van der Waals surface area (Å²) in [4.78, 5) is 0. The maximum absolute atomic E-state index is 5.15. The molecule has 78 valence electrons. The number of unbranched alkanes of at least 4 members (excludes halogenated alkanes) is 1. The van der Waals surface area contributed by atoms with E-state index in [4.69, 9.17) is 4.74 Å². The van der Waals surface area contributed by atoms with Gasteiger partial charge in [-0.2, -0.15) is 0 Å².